The molecule has 1 fully saturated rings. The van der Waals surface area contributed by atoms with Crippen molar-refractivity contribution in [1.29, 1.82) is 0 Å². The summed E-state index contributed by atoms with van der Waals surface area (Å²) in [6.07, 6.45) is -3.86. The maximum absolute atomic E-state index is 14.4. The van der Waals surface area contributed by atoms with Gasteiger partial charge in [-0.1, -0.05) is 29.3 Å². The lowest BCUT2D eigenvalue weighted by Gasteiger charge is -2.35. The van der Waals surface area contributed by atoms with Crippen LogP contribution in [-0.2, 0) is 0 Å². The van der Waals surface area contributed by atoms with Gasteiger partial charge in [0, 0.05) is 52.2 Å². The van der Waals surface area contributed by atoms with Crippen molar-refractivity contribution in [3.8, 4) is 22.4 Å². The summed E-state index contributed by atoms with van der Waals surface area (Å²) < 4.78 is 52.2. The molecule has 0 atom stereocenters. The molecule has 6 nitrogen and oxygen atoms in total. The van der Waals surface area contributed by atoms with E-state index in [1.165, 1.54) is 12.1 Å². The maximum Gasteiger partial charge on any atom is 0.390 e. The molecule has 4 aromatic rings. The van der Waals surface area contributed by atoms with Crippen LogP contribution in [0.2, 0.25) is 10.0 Å². The summed E-state index contributed by atoms with van der Waals surface area (Å²) in [5, 5.41) is 13.5. The van der Waals surface area contributed by atoms with Crippen LogP contribution in [0.4, 0.5) is 23.2 Å². The quantitative estimate of drug-likeness (QED) is 0.221. The number of hydrogen-bond acceptors (Lipinski definition) is 5. The van der Waals surface area contributed by atoms with E-state index in [1.807, 2.05) is 6.07 Å². The van der Waals surface area contributed by atoms with E-state index in [9.17, 15) is 22.4 Å². The second kappa shape index (κ2) is 11.8. The van der Waals surface area contributed by atoms with Gasteiger partial charge >= 0.3 is 6.18 Å². The highest BCUT2D eigenvalue weighted by Crippen LogP contribution is 2.39. The first-order valence-corrected chi connectivity index (χ1v) is 13.7. The molecule has 2 heterocycles. The monoisotopic (exact) mass is 605 g/mol. The lowest BCUT2D eigenvalue weighted by molar-refractivity contribution is -0.133. The van der Waals surface area contributed by atoms with Gasteiger partial charge in [-0.2, -0.15) is 13.2 Å². The van der Waals surface area contributed by atoms with Crippen molar-refractivity contribution in [2.24, 2.45) is 5.73 Å². The van der Waals surface area contributed by atoms with Gasteiger partial charge in [-0.25, -0.2) is 4.39 Å². The lowest BCUT2D eigenvalue weighted by atomic mass is 9.97. The summed E-state index contributed by atoms with van der Waals surface area (Å²) in [4.78, 5) is 13.9. The topological polar surface area (TPSA) is 84.1 Å². The number of carbonyl (C=O) groups excluding carboxylic acids is 1. The fraction of sp³-hybridized carbons (Fsp3) is 0.276. The van der Waals surface area contributed by atoms with Crippen LogP contribution in [0.15, 0.2) is 54.6 Å². The largest absolute Gasteiger partial charge is 0.390 e. The van der Waals surface area contributed by atoms with Crippen molar-refractivity contribution in [3.63, 3.8) is 0 Å². The fourth-order valence-corrected chi connectivity index (χ4v) is 5.63. The number of nitrogens with one attached hydrogen (secondary N) is 1. The Bertz CT molecular complexity index is 1590. The summed E-state index contributed by atoms with van der Waals surface area (Å²) in [5.41, 5.74) is 9.04. The number of hydrogen-bond donors (Lipinski definition) is 2. The van der Waals surface area contributed by atoms with E-state index >= 15 is 0 Å². The molecule has 1 aliphatic heterocycles. The molecule has 0 radical (unpaired) electrons. The zero-order valence-corrected chi connectivity index (χ0v) is 23.1. The molecule has 1 amide bonds. The van der Waals surface area contributed by atoms with Gasteiger partial charge in [-0.05, 0) is 72.5 Å². The number of fused-ring (bicyclic) bond motifs is 1. The highest BCUT2D eigenvalue weighted by Gasteiger charge is 2.28. The molecule has 3 N–H and O–H groups in total. The van der Waals surface area contributed by atoms with Gasteiger partial charge in [-0.3, -0.25) is 4.79 Å². The molecular formula is C29H25Cl2F4N5O. The first-order chi connectivity index (χ1) is 19.5. The number of primary amides is 1. The van der Waals surface area contributed by atoms with E-state index in [0.29, 0.717) is 63.9 Å². The van der Waals surface area contributed by atoms with Gasteiger partial charge in [0.2, 0.25) is 5.91 Å². The smallest absolute Gasteiger partial charge is 0.369 e. The minimum absolute atomic E-state index is 0.0440. The van der Waals surface area contributed by atoms with Gasteiger partial charge in [0.15, 0.2) is 0 Å². The standard InChI is InChI=1S/C29H25Cl2F4N5O/c30-20-10-18(11-21(31)15-20)26-27(40-7-3-23(4-8-40)37-6-5-29(33,34)35)24-14-16(1-2-25(24)38-39-26)17-9-19(28(36)41)13-22(32)12-17/h1-2,9-15,23,37H,3-8H2,(H2,36,41). The van der Waals surface area contributed by atoms with Crippen molar-refractivity contribution in [3.05, 3.63) is 76.0 Å². The second-order valence-corrected chi connectivity index (χ2v) is 10.8. The van der Waals surface area contributed by atoms with Crippen LogP contribution in [0.25, 0.3) is 33.3 Å². The number of piperidine rings is 1. The average molecular weight is 606 g/mol. The molecule has 0 unspecified atom stereocenters. The van der Waals surface area contributed by atoms with Crippen molar-refractivity contribution in [1.82, 2.24) is 15.5 Å². The lowest BCUT2D eigenvalue weighted by Crippen LogP contribution is -2.43. The molecule has 41 heavy (non-hydrogen) atoms. The Morgan fingerprint density at radius 1 is 0.951 bits per heavy atom. The van der Waals surface area contributed by atoms with Crippen LogP contribution in [0.5, 0.6) is 0 Å². The van der Waals surface area contributed by atoms with Gasteiger partial charge < -0.3 is 16.0 Å². The molecule has 0 aliphatic carbocycles. The molecule has 0 saturated carbocycles. The highest BCUT2D eigenvalue weighted by atomic mass is 35.5. The van der Waals surface area contributed by atoms with E-state index in [2.05, 4.69) is 20.4 Å². The summed E-state index contributed by atoms with van der Waals surface area (Å²) in [6, 6.07) is 14.3. The fourth-order valence-electron chi connectivity index (χ4n) is 5.10. The molecule has 0 bridgehead atoms. The van der Waals surface area contributed by atoms with Gasteiger partial charge in [0.1, 0.15) is 11.5 Å². The molecule has 1 aromatic heterocycles. The average Bonchev–Trinajstić information content (AvgIpc) is 2.91. The molecule has 0 spiro atoms. The summed E-state index contributed by atoms with van der Waals surface area (Å²) >= 11 is 12.6. The number of nitrogens with zero attached hydrogens (tertiary/aromatic N) is 3. The molecule has 1 aliphatic rings. The molecule has 5 rings (SSSR count). The Kier molecular flexibility index (Phi) is 8.35. The summed E-state index contributed by atoms with van der Waals surface area (Å²) in [7, 11) is 0. The van der Waals surface area contributed by atoms with Crippen LogP contribution < -0.4 is 16.0 Å². The van der Waals surface area contributed by atoms with Crippen molar-refractivity contribution in [2.45, 2.75) is 31.5 Å². The summed E-state index contributed by atoms with van der Waals surface area (Å²) in [6.45, 7) is 0.952. The number of anilines is 1. The van der Waals surface area contributed by atoms with Gasteiger partial charge in [-0.15, -0.1) is 10.2 Å². The first-order valence-electron chi connectivity index (χ1n) is 12.9. The van der Waals surface area contributed by atoms with E-state index in [-0.39, 0.29) is 18.2 Å². The van der Waals surface area contributed by atoms with Crippen LogP contribution in [0, 0.1) is 5.82 Å². The third-order valence-electron chi connectivity index (χ3n) is 7.04. The Hall–Kier alpha value is -3.47. The number of carbonyl (C=O) groups is 1. The van der Waals surface area contributed by atoms with Crippen LogP contribution in [-0.4, -0.2) is 48.0 Å². The first kappa shape index (κ1) is 29.0. The Morgan fingerprint density at radius 2 is 1.66 bits per heavy atom. The number of amides is 1. The zero-order valence-electron chi connectivity index (χ0n) is 21.6. The van der Waals surface area contributed by atoms with E-state index < -0.39 is 24.3 Å². The number of nitrogens with two attached hydrogens (primary N) is 1. The minimum atomic E-state index is -4.21. The van der Waals surface area contributed by atoms with Crippen molar-refractivity contribution < 1.29 is 22.4 Å². The summed E-state index contributed by atoms with van der Waals surface area (Å²) in [5.74, 6) is -1.34. The predicted octanol–water partition coefficient (Wildman–Crippen LogP) is 7.02. The molecule has 12 heteroatoms. The molecule has 1 saturated heterocycles. The normalized spacial score (nSPS) is 14.5. The zero-order chi connectivity index (χ0) is 29.3. The number of halogens is 6. The van der Waals surface area contributed by atoms with Gasteiger partial charge in [0.05, 0.1) is 17.6 Å². The number of aromatic nitrogens is 2. The Morgan fingerprint density at radius 3 is 2.32 bits per heavy atom. The molecular weight excluding hydrogens is 581 g/mol. The van der Waals surface area contributed by atoms with E-state index in [4.69, 9.17) is 28.9 Å². The number of benzene rings is 3. The van der Waals surface area contributed by atoms with Gasteiger partial charge in [0.25, 0.3) is 0 Å². The third kappa shape index (κ3) is 6.89. The maximum atomic E-state index is 14.4. The van der Waals surface area contributed by atoms with Crippen molar-refractivity contribution >= 4 is 45.7 Å². The minimum Gasteiger partial charge on any atom is -0.369 e. The van der Waals surface area contributed by atoms with Crippen LogP contribution in [0.3, 0.4) is 0 Å². The van der Waals surface area contributed by atoms with Crippen LogP contribution >= 0.6 is 23.2 Å². The SMILES string of the molecule is NC(=O)c1cc(F)cc(-c2ccc3nnc(-c4cc(Cl)cc(Cl)c4)c(N4CCC(NCCC(F)(F)F)CC4)c3c2)c1. The third-order valence-corrected chi connectivity index (χ3v) is 7.47. The van der Waals surface area contributed by atoms with E-state index in [0.717, 1.165) is 17.1 Å². The van der Waals surface area contributed by atoms with E-state index in [1.54, 1.807) is 30.3 Å². The number of alkyl halides is 3. The molecule has 214 valence electrons. The number of rotatable bonds is 7. The second-order valence-electron chi connectivity index (χ2n) is 9.96. The highest BCUT2D eigenvalue weighted by molar-refractivity contribution is 6.35. The Balaban J connectivity index is 1.57. The van der Waals surface area contributed by atoms with Crippen molar-refractivity contribution in [2.75, 3.05) is 24.5 Å². The molecule has 3 aromatic carbocycles. The predicted molar refractivity (Wildman–Crippen MR) is 153 cm³/mol. The van der Waals surface area contributed by atoms with Crippen LogP contribution in [0.1, 0.15) is 29.6 Å². The Labute approximate surface area is 243 Å².